The van der Waals surface area contributed by atoms with Crippen molar-refractivity contribution >= 4 is 34.6 Å². The summed E-state index contributed by atoms with van der Waals surface area (Å²) in [5, 5.41) is 10.5. The van der Waals surface area contributed by atoms with E-state index in [0.29, 0.717) is 21.4 Å². The Morgan fingerprint density at radius 1 is 1.12 bits per heavy atom. The highest BCUT2D eigenvalue weighted by atomic mass is 32.2. The summed E-state index contributed by atoms with van der Waals surface area (Å²) >= 11 is 1.29. The van der Waals surface area contributed by atoms with Gasteiger partial charge in [0.15, 0.2) is 16.7 Å². The third-order valence-electron chi connectivity index (χ3n) is 3.80. The molecule has 1 heterocycles. The molecule has 1 amide bonds. The highest BCUT2D eigenvalue weighted by Crippen LogP contribution is 2.34. The van der Waals surface area contributed by atoms with Gasteiger partial charge in [-0.1, -0.05) is 6.07 Å². The van der Waals surface area contributed by atoms with Crippen LogP contribution in [0.25, 0.3) is 6.08 Å². The number of hydrogen-bond donors (Lipinski definition) is 1. The number of rotatable bonds is 4. The second kappa shape index (κ2) is 7.53. The molecule has 2 aromatic rings. The van der Waals surface area contributed by atoms with Gasteiger partial charge in [-0.3, -0.25) is 9.69 Å². The van der Waals surface area contributed by atoms with E-state index >= 15 is 0 Å². The van der Waals surface area contributed by atoms with Crippen LogP contribution in [-0.4, -0.2) is 42.3 Å². The lowest BCUT2D eigenvalue weighted by molar-refractivity contribution is -0.121. The van der Waals surface area contributed by atoms with E-state index < -0.39 is 0 Å². The molecule has 1 saturated heterocycles. The summed E-state index contributed by atoms with van der Waals surface area (Å²) in [6.07, 6.45) is 1.72. The van der Waals surface area contributed by atoms with E-state index in [2.05, 4.69) is 4.99 Å². The molecule has 1 aliphatic heterocycles. The number of carbonyl (C=O) groups excluding carboxylic acids is 1. The van der Waals surface area contributed by atoms with E-state index in [4.69, 9.17) is 9.47 Å². The van der Waals surface area contributed by atoms with Crippen molar-refractivity contribution in [1.82, 2.24) is 4.90 Å². The van der Waals surface area contributed by atoms with Crippen LogP contribution in [0.5, 0.6) is 17.2 Å². The summed E-state index contributed by atoms with van der Waals surface area (Å²) in [5.41, 5.74) is 1.44. The first-order valence-electron chi connectivity index (χ1n) is 7.79. The highest BCUT2D eigenvalue weighted by molar-refractivity contribution is 8.18. The minimum atomic E-state index is -0.141. The van der Waals surface area contributed by atoms with Crippen LogP contribution in [-0.2, 0) is 4.79 Å². The zero-order chi connectivity index (χ0) is 18.7. The zero-order valence-corrected chi connectivity index (χ0v) is 15.4. The molecule has 1 aliphatic rings. The molecule has 1 fully saturated rings. The molecule has 0 atom stereocenters. The number of aliphatic imine (C=N–C) groups is 1. The maximum atomic E-state index is 12.5. The van der Waals surface area contributed by atoms with Gasteiger partial charge in [-0.15, -0.1) is 0 Å². The predicted molar refractivity (Wildman–Crippen MR) is 103 cm³/mol. The second-order valence-electron chi connectivity index (χ2n) is 5.50. The van der Waals surface area contributed by atoms with Gasteiger partial charge in [0.1, 0.15) is 5.75 Å². The molecule has 0 unspecified atom stereocenters. The molecular formula is C19H18N2O4S. The van der Waals surface area contributed by atoms with Crippen molar-refractivity contribution in [3.8, 4) is 17.2 Å². The lowest BCUT2D eigenvalue weighted by Crippen LogP contribution is -2.23. The number of benzene rings is 2. The first kappa shape index (κ1) is 17.9. The van der Waals surface area contributed by atoms with Crippen molar-refractivity contribution in [2.75, 3.05) is 21.3 Å². The fourth-order valence-electron chi connectivity index (χ4n) is 2.37. The monoisotopic (exact) mass is 370 g/mol. The number of aromatic hydroxyl groups is 1. The quantitative estimate of drug-likeness (QED) is 0.832. The number of likely N-dealkylation sites (N-methyl/N-ethyl adjacent to an activating group) is 1. The summed E-state index contributed by atoms with van der Waals surface area (Å²) in [6.45, 7) is 0. The molecule has 134 valence electrons. The maximum absolute atomic E-state index is 12.5. The molecule has 1 N–H and O–H groups in total. The largest absolute Gasteiger partial charge is 0.504 e. The normalized spacial score (nSPS) is 17.2. The van der Waals surface area contributed by atoms with Crippen LogP contribution in [0.3, 0.4) is 0 Å². The Balaban J connectivity index is 1.85. The molecule has 0 aliphatic carbocycles. The van der Waals surface area contributed by atoms with Crippen LogP contribution in [0.15, 0.2) is 52.4 Å². The molecular weight excluding hydrogens is 352 g/mol. The number of amidine groups is 1. The van der Waals surface area contributed by atoms with Crippen molar-refractivity contribution < 1.29 is 19.4 Å². The van der Waals surface area contributed by atoms with Gasteiger partial charge in [0.05, 0.1) is 24.8 Å². The number of hydrogen-bond acceptors (Lipinski definition) is 6. The molecule has 7 heteroatoms. The van der Waals surface area contributed by atoms with Gasteiger partial charge in [-0.05, 0) is 59.8 Å². The fourth-order valence-corrected chi connectivity index (χ4v) is 3.35. The highest BCUT2D eigenvalue weighted by Gasteiger charge is 2.30. The zero-order valence-electron chi connectivity index (χ0n) is 14.6. The lowest BCUT2D eigenvalue weighted by atomic mass is 10.2. The predicted octanol–water partition coefficient (Wildman–Crippen LogP) is 3.64. The topological polar surface area (TPSA) is 71.4 Å². The Morgan fingerprint density at radius 2 is 1.85 bits per heavy atom. The van der Waals surface area contributed by atoms with Gasteiger partial charge < -0.3 is 14.6 Å². The first-order chi connectivity index (χ1) is 12.5. The van der Waals surface area contributed by atoms with Crippen LogP contribution in [0.1, 0.15) is 5.56 Å². The van der Waals surface area contributed by atoms with Crippen LogP contribution >= 0.6 is 11.8 Å². The second-order valence-corrected chi connectivity index (χ2v) is 6.51. The Morgan fingerprint density at radius 3 is 2.46 bits per heavy atom. The van der Waals surface area contributed by atoms with Crippen LogP contribution in [0, 0.1) is 0 Å². The summed E-state index contributed by atoms with van der Waals surface area (Å²) in [5.74, 6) is 1.02. The van der Waals surface area contributed by atoms with Crippen molar-refractivity contribution in [3.05, 3.63) is 52.9 Å². The smallest absolute Gasteiger partial charge is 0.266 e. The third-order valence-corrected chi connectivity index (χ3v) is 4.86. The van der Waals surface area contributed by atoms with Crippen LogP contribution in [0.2, 0.25) is 0 Å². The molecule has 0 radical (unpaired) electrons. The first-order valence-corrected chi connectivity index (χ1v) is 8.61. The van der Waals surface area contributed by atoms with Gasteiger partial charge in [-0.25, -0.2) is 4.99 Å². The SMILES string of the molecule is COc1ccc(N=C2S/C(=C\c3ccc(OC)c(O)c3)C(=O)N2C)cc1. The van der Waals surface area contributed by atoms with Gasteiger partial charge in [0.25, 0.3) is 5.91 Å². The van der Waals surface area contributed by atoms with Gasteiger partial charge in [0.2, 0.25) is 0 Å². The van der Waals surface area contributed by atoms with E-state index in [9.17, 15) is 9.90 Å². The average molecular weight is 370 g/mol. The summed E-state index contributed by atoms with van der Waals surface area (Å²) in [7, 11) is 4.78. The molecule has 0 aromatic heterocycles. The number of carbonyl (C=O) groups is 1. The van der Waals surface area contributed by atoms with E-state index in [1.54, 1.807) is 38.4 Å². The molecule has 26 heavy (non-hydrogen) atoms. The number of amides is 1. The van der Waals surface area contributed by atoms with E-state index in [1.165, 1.54) is 23.8 Å². The minimum Gasteiger partial charge on any atom is -0.504 e. The molecule has 0 bridgehead atoms. The molecule has 3 rings (SSSR count). The van der Waals surface area contributed by atoms with E-state index in [1.807, 2.05) is 24.3 Å². The molecule has 6 nitrogen and oxygen atoms in total. The fraction of sp³-hybridized carbons (Fsp3) is 0.158. The standard InChI is InChI=1S/C19H18N2O4S/c1-21-18(23)17(11-12-4-9-16(25-3)15(22)10-12)26-19(21)20-13-5-7-14(24-2)8-6-13/h4-11,22H,1-3H3/b17-11-,20-19?. The van der Waals surface area contributed by atoms with Crippen molar-refractivity contribution in [2.24, 2.45) is 4.99 Å². The number of ether oxygens (including phenoxy) is 2. The number of thioether (sulfide) groups is 1. The van der Waals surface area contributed by atoms with Crippen molar-refractivity contribution in [1.29, 1.82) is 0 Å². The maximum Gasteiger partial charge on any atom is 0.266 e. The van der Waals surface area contributed by atoms with Gasteiger partial charge in [0, 0.05) is 7.05 Å². The Kier molecular flexibility index (Phi) is 5.18. The number of phenolic OH excluding ortho intramolecular Hbond substituents is 1. The van der Waals surface area contributed by atoms with E-state index in [0.717, 1.165) is 11.4 Å². The Labute approximate surface area is 155 Å². The van der Waals surface area contributed by atoms with Crippen molar-refractivity contribution in [3.63, 3.8) is 0 Å². The minimum absolute atomic E-state index is 0.0257. The Bertz CT molecular complexity index is 891. The average Bonchev–Trinajstić information content (AvgIpc) is 2.90. The van der Waals surface area contributed by atoms with Crippen molar-refractivity contribution in [2.45, 2.75) is 0 Å². The third kappa shape index (κ3) is 3.67. The number of nitrogens with zero attached hydrogens (tertiary/aromatic N) is 2. The summed E-state index contributed by atoms with van der Waals surface area (Å²) < 4.78 is 10.2. The van der Waals surface area contributed by atoms with Gasteiger partial charge in [-0.2, -0.15) is 0 Å². The molecule has 0 spiro atoms. The molecule has 2 aromatic carbocycles. The lowest BCUT2D eigenvalue weighted by Gasteiger charge is -2.07. The molecule has 0 saturated carbocycles. The summed E-state index contributed by atoms with van der Waals surface area (Å²) in [4.78, 5) is 19.0. The number of phenols is 1. The van der Waals surface area contributed by atoms with Crippen LogP contribution in [0.4, 0.5) is 5.69 Å². The summed E-state index contributed by atoms with van der Waals surface area (Å²) in [6, 6.07) is 12.3. The van der Waals surface area contributed by atoms with Gasteiger partial charge >= 0.3 is 0 Å². The Hall–Kier alpha value is -2.93. The number of methoxy groups -OCH3 is 2. The van der Waals surface area contributed by atoms with Crippen LogP contribution < -0.4 is 9.47 Å². The van der Waals surface area contributed by atoms with E-state index in [-0.39, 0.29) is 11.7 Å².